The van der Waals surface area contributed by atoms with Gasteiger partial charge in [-0.1, -0.05) is 46.5 Å². The van der Waals surface area contributed by atoms with Crippen LogP contribution in [0.1, 0.15) is 86.5 Å². The smallest absolute Gasteiger partial charge is 0.320 e. The predicted molar refractivity (Wildman–Crippen MR) is 111 cm³/mol. The first-order valence-corrected chi connectivity index (χ1v) is 11.1. The van der Waals surface area contributed by atoms with Gasteiger partial charge in [-0.3, -0.25) is 10.1 Å². The van der Waals surface area contributed by atoms with Gasteiger partial charge in [0, 0.05) is 10.9 Å². The van der Waals surface area contributed by atoms with Crippen LogP contribution in [0.4, 0.5) is 9.80 Å². The molecule has 3 rings (SSSR count). The molecule has 2 aliphatic rings. The highest BCUT2D eigenvalue weighted by Gasteiger charge is 2.35. The second-order valence-electron chi connectivity index (χ2n) is 8.79. The molecule has 2 aliphatic carbocycles. The summed E-state index contributed by atoms with van der Waals surface area (Å²) in [6, 6.07) is 0.0218. The van der Waals surface area contributed by atoms with E-state index in [1.807, 2.05) is 0 Å². The molecule has 3 amide bonds. The molecule has 4 N–H and O–H groups in total. The van der Waals surface area contributed by atoms with E-state index in [0.29, 0.717) is 16.5 Å². The highest BCUT2D eigenvalue weighted by atomic mass is 32.1. The van der Waals surface area contributed by atoms with Crippen LogP contribution in [-0.2, 0) is 12.8 Å². The van der Waals surface area contributed by atoms with Gasteiger partial charge in [0.2, 0.25) is 0 Å². The van der Waals surface area contributed by atoms with Crippen LogP contribution in [0.3, 0.4) is 0 Å². The third-order valence-corrected chi connectivity index (χ3v) is 7.87. The molecule has 1 saturated carbocycles. The van der Waals surface area contributed by atoms with Crippen molar-refractivity contribution < 1.29 is 9.59 Å². The first kappa shape index (κ1) is 20.2. The number of rotatable bonds is 5. The highest BCUT2D eigenvalue weighted by molar-refractivity contribution is 7.17. The third kappa shape index (κ3) is 4.48. The summed E-state index contributed by atoms with van der Waals surface area (Å²) in [5, 5.41) is 6.61. The van der Waals surface area contributed by atoms with Crippen molar-refractivity contribution in [3.63, 3.8) is 0 Å². The Morgan fingerprint density at radius 1 is 1.19 bits per heavy atom. The van der Waals surface area contributed by atoms with E-state index in [0.717, 1.165) is 44.1 Å². The number of hydrogen-bond donors (Lipinski definition) is 3. The average Bonchev–Trinajstić information content (AvgIpc) is 2.99. The van der Waals surface area contributed by atoms with E-state index in [9.17, 15) is 9.59 Å². The van der Waals surface area contributed by atoms with Gasteiger partial charge in [0.15, 0.2) is 0 Å². The molecule has 0 aliphatic heterocycles. The van der Waals surface area contributed by atoms with Gasteiger partial charge < -0.3 is 11.1 Å². The number of amides is 3. The second kappa shape index (κ2) is 8.21. The lowest BCUT2D eigenvalue weighted by molar-refractivity contribution is 0.1000. The van der Waals surface area contributed by atoms with Crippen LogP contribution in [0.25, 0.3) is 0 Å². The molecule has 6 heteroatoms. The van der Waals surface area contributed by atoms with Crippen molar-refractivity contribution in [2.45, 2.75) is 84.6 Å². The third-order valence-electron chi connectivity index (χ3n) is 6.70. The zero-order chi connectivity index (χ0) is 19.6. The van der Waals surface area contributed by atoms with Gasteiger partial charge in [0.25, 0.3) is 5.91 Å². The van der Waals surface area contributed by atoms with Gasteiger partial charge >= 0.3 is 6.03 Å². The molecule has 27 heavy (non-hydrogen) atoms. The fourth-order valence-corrected chi connectivity index (χ4v) is 5.79. The molecule has 1 unspecified atom stereocenters. The van der Waals surface area contributed by atoms with E-state index in [2.05, 4.69) is 31.4 Å². The summed E-state index contributed by atoms with van der Waals surface area (Å²) < 4.78 is 0. The first-order chi connectivity index (χ1) is 12.8. The van der Waals surface area contributed by atoms with E-state index in [4.69, 9.17) is 5.73 Å². The number of nitrogens with one attached hydrogen (secondary N) is 2. The summed E-state index contributed by atoms with van der Waals surface area (Å²) in [6.45, 7) is 6.88. The Morgan fingerprint density at radius 3 is 2.52 bits per heavy atom. The standard InChI is InChI=1S/C21H33N3O2S/c1-4-21(2,3)13-10-11-15-16(12-13)27-19(17(15)18(22)25)24-20(26)23-14-8-6-5-7-9-14/h13-14H,4-12H2,1-3H3,(H2,22,25)(H2,23,24,26). The van der Waals surface area contributed by atoms with Crippen LogP contribution in [0.5, 0.6) is 0 Å². The molecular weight excluding hydrogens is 358 g/mol. The minimum atomic E-state index is -0.436. The molecule has 1 fully saturated rings. The summed E-state index contributed by atoms with van der Waals surface area (Å²) in [5.74, 6) is 0.159. The maximum atomic E-state index is 12.5. The van der Waals surface area contributed by atoms with Crippen molar-refractivity contribution >= 4 is 28.3 Å². The van der Waals surface area contributed by atoms with E-state index >= 15 is 0 Å². The Hall–Kier alpha value is -1.56. The summed E-state index contributed by atoms with van der Waals surface area (Å²) in [6.07, 6.45) is 9.68. The fourth-order valence-electron chi connectivity index (χ4n) is 4.46. The molecule has 1 heterocycles. The maximum absolute atomic E-state index is 12.5. The lowest BCUT2D eigenvalue weighted by Crippen LogP contribution is -2.39. The van der Waals surface area contributed by atoms with Crippen molar-refractivity contribution in [3.05, 3.63) is 16.0 Å². The van der Waals surface area contributed by atoms with Crippen LogP contribution in [0.15, 0.2) is 0 Å². The van der Waals surface area contributed by atoms with Crippen molar-refractivity contribution in [3.8, 4) is 0 Å². The summed E-state index contributed by atoms with van der Waals surface area (Å²) in [7, 11) is 0. The zero-order valence-electron chi connectivity index (χ0n) is 16.8. The molecule has 1 atom stereocenters. The van der Waals surface area contributed by atoms with Gasteiger partial charge in [-0.05, 0) is 49.0 Å². The lowest BCUT2D eigenvalue weighted by Gasteiger charge is -2.36. The van der Waals surface area contributed by atoms with Crippen LogP contribution in [-0.4, -0.2) is 18.0 Å². The molecule has 5 nitrogen and oxygen atoms in total. The number of hydrogen-bond acceptors (Lipinski definition) is 3. The Labute approximate surface area is 166 Å². The van der Waals surface area contributed by atoms with Crippen molar-refractivity contribution in [1.29, 1.82) is 0 Å². The van der Waals surface area contributed by atoms with Crippen LogP contribution < -0.4 is 16.4 Å². The Morgan fingerprint density at radius 2 is 1.89 bits per heavy atom. The molecule has 0 radical (unpaired) electrons. The van der Waals surface area contributed by atoms with E-state index in [-0.39, 0.29) is 17.5 Å². The molecule has 0 bridgehead atoms. The number of primary amides is 1. The molecule has 0 spiro atoms. The normalized spacial score (nSPS) is 20.8. The number of fused-ring (bicyclic) bond motifs is 1. The Bertz CT molecular complexity index is 705. The average molecular weight is 392 g/mol. The van der Waals surface area contributed by atoms with E-state index in [1.54, 1.807) is 0 Å². The van der Waals surface area contributed by atoms with E-state index in [1.165, 1.54) is 35.5 Å². The van der Waals surface area contributed by atoms with E-state index < -0.39 is 5.91 Å². The number of carbonyl (C=O) groups excluding carboxylic acids is 2. The molecular formula is C21H33N3O2S. The van der Waals surface area contributed by atoms with Gasteiger partial charge in [0.05, 0.1) is 5.56 Å². The first-order valence-electron chi connectivity index (χ1n) is 10.3. The van der Waals surface area contributed by atoms with Crippen molar-refractivity contribution in [2.75, 3.05) is 5.32 Å². The topological polar surface area (TPSA) is 84.2 Å². The SMILES string of the molecule is CCC(C)(C)C1CCc2c(sc(NC(=O)NC3CCCCC3)c2C(N)=O)C1. The van der Waals surface area contributed by atoms with Crippen LogP contribution in [0, 0.1) is 11.3 Å². The monoisotopic (exact) mass is 391 g/mol. The molecule has 0 saturated heterocycles. The Kier molecular flexibility index (Phi) is 6.14. The number of carbonyl (C=O) groups is 2. The summed E-state index contributed by atoms with van der Waals surface area (Å²) in [5.41, 5.74) is 7.55. The fraction of sp³-hybridized carbons (Fsp3) is 0.714. The molecule has 150 valence electrons. The number of nitrogens with two attached hydrogens (primary N) is 1. The van der Waals surface area contributed by atoms with Crippen molar-refractivity contribution in [2.24, 2.45) is 17.1 Å². The van der Waals surface area contributed by atoms with Crippen molar-refractivity contribution in [1.82, 2.24) is 5.32 Å². The molecule has 1 aromatic rings. The molecule has 1 aromatic heterocycles. The van der Waals surface area contributed by atoms with Crippen LogP contribution in [0.2, 0.25) is 0 Å². The lowest BCUT2D eigenvalue weighted by atomic mass is 9.69. The minimum absolute atomic E-state index is 0.214. The predicted octanol–water partition coefficient (Wildman–Crippen LogP) is 4.84. The quantitative estimate of drug-likeness (QED) is 0.671. The highest BCUT2D eigenvalue weighted by Crippen LogP contribution is 2.45. The Balaban J connectivity index is 1.76. The number of thiophene rings is 1. The maximum Gasteiger partial charge on any atom is 0.320 e. The summed E-state index contributed by atoms with van der Waals surface area (Å²) in [4.78, 5) is 25.8. The number of anilines is 1. The second-order valence-corrected chi connectivity index (χ2v) is 9.89. The van der Waals surface area contributed by atoms with Gasteiger partial charge in [0.1, 0.15) is 5.00 Å². The van der Waals surface area contributed by atoms with Crippen LogP contribution >= 0.6 is 11.3 Å². The van der Waals surface area contributed by atoms with Gasteiger partial charge in [-0.2, -0.15) is 0 Å². The number of urea groups is 1. The van der Waals surface area contributed by atoms with Gasteiger partial charge in [-0.25, -0.2) is 4.79 Å². The summed E-state index contributed by atoms with van der Waals surface area (Å²) >= 11 is 1.54. The van der Waals surface area contributed by atoms with Gasteiger partial charge in [-0.15, -0.1) is 11.3 Å². The minimum Gasteiger partial charge on any atom is -0.365 e. The zero-order valence-corrected chi connectivity index (χ0v) is 17.6. The largest absolute Gasteiger partial charge is 0.365 e. The molecule has 0 aromatic carbocycles.